The molecule has 0 amide bonds. The molecule has 3 N–H and O–H groups in total. The SMILES string of the molecule is N[C@@H]1CCCC[C@H]1NS(=O)(=O)C1CCS(=O)(=O)CC1. The predicted octanol–water partition coefficient (Wildman–Crippen LogP) is -0.247. The Labute approximate surface area is 115 Å². The van der Waals surface area contributed by atoms with E-state index in [9.17, 15) is 16.8 Å². The fourth-order valence-electron chi connectivity index (χ4n) is 2.79. The van der Waals surface area contributed by atoms with Crippen LogP contribution in [-0.2, 0) is 19.9 Å². The molecule has 2 atom stereocenters. The summed E-state index contributed by atoms with van der Waals surface area (Å²) in [7, 11) is -6.50. The molecule has 2 aliphatic rings. The van der Waals surface area contributed by atoms with Gasteiger partial charge in [0.05, 0.1) is 16.8 Å². The smallest absolute Gasteiger partial charge is 0.214 e. The second-order valence-electron chi connectivity index (χ2n) is 5.57. The highest BCUT2D eigenvalue weighted by molar-refractivity contribution is 7.92. The van der Waals surface area contributed by atoms with Crippen LogP contribution in [0.4, 0.5) is 0 Å². The van der Waals surface area contributed by atoms with Crippen LogP contribution in [0.15, 0.2) is 0 Å². The average Bonchev–Trinajstić information content (AvgIpc) is 2.31. The molecule has 2 fully saturated rings. The number of sulfone groups is 1. The van der Waals surface area contributed by atoms with Gasteiger partial charge in [0.25, 0.3) is 0 Å². The number of hydrogen-bond acceptors (Lipinski definition) is 5. The molecule has 0 aromatic rings. The van der Waals surface area contributed by atoms with E-state index in [0.717, 1.165) is 25.7 Å². The second-order valence-corrected chi connectivity index (χ2v) is 9.86. The first-order chi connectivity index (χ1) is 8.80. The van der Waals surface area contributed by atoms with Crippen LogP contribution < -0.4 is 10.5 Å². The third-order valence-corrected chi connectivity index (χ3v) is 7.77. The Morgan fingerprint density at radius 2 is 1.58 bits per heavy atom. The van der Waals surface area contributed by atoms with Crippen LogP contribution in [0.3, 0.4) is 0 Å². The van der Waals surface area contributed by atoms with Crippen molar-refractivity contribution in [2.45, 2.75) is 55.9 Å². The van der Waals surface area contributed by atoms with Gasteiger partial charge in [0.15, 0.2) is 0 Å². The molecule has 0 bridgehead atoms. The van der Waals surface area contributed by atoms with Crippen molar-refractivity contribution in [2.75, 3.05) is 11.5 Å². The van der Waals surface area contributed by atoms with E-state index in [2.05, 4.69) is 4.72 Å². The van der Waals surface area contributed by atoms with Crippen LogP contribution in [0.2, 0.25) is 0 Å². The van der Waals surface area contributed by atoms with Crippen LogP contribution in [0, 0.1) is 0 Å². The average molecular weight is 310 g/mol. The molecule has 1 heterocycles. The highest BCUT2D eigenvalue weighted by atomic mass is 32.2. The summed E-state index contributed by atoms with van der Waals surface area (Å²) in [6.45, 7) is 0. The van der Waals surface area contributed by atoms with Gasteiger partial charge in [-0.25, -0.2) is 21.6 Å². The van der Waals surface area contributed by atoms with Crippen LogP contribution in [0.25, 0.3) is 0 Å². The van der Waals surface area contributed by atoms with Crippen molar-refractivity contribution in [3.05, 3.63) is 0 Å². The lowest BCUT2D eigenvalue weighted by Crippen LogP contribution is -2.52. The quantitative estimate of drug-likeness (QED) is 0.748. The van der Waals surface area contributed by atoms with Crippen LogP contribution in [-0.4, -0.2) is 45.7 Å². The lowest BCUT2D eigenvalue weighted by atomic mass is 9.92. The molecule has 0 aromatic carbocycles. The van der Waals surface area contributed by atoms with E-state index in [0.29, 0.717) is 0 Å². The van der Waals surface area contributed by atoms with Crippen LogP contribution >= 0.6 is 0 Å². The van der Waals surface area contributed by atoms with Gasteiger partial charge in [0, 0.05) is 12.1 Å². The number of hydrogen-bond donors (Lipinski definition) is 2. The summed E-state index contributed by atoms with van der Waals surface area (Å²) in [6.07, 6.45) is 4.03. The zero-order valence-corrected chi connectivity index (χ0v) is 12.5. The number of nitrogens with two attached hydrogens (primary N) is 1. The molecule has 1 saturated carbocycles. The summed E-state index contributed by atoms with van der Waals surface area (Å²) in [5.74, 6) is -0.0649. The standard InChI is InChI=1S/C11H22N2O4S2/c12-10-3-1-2-4-11(10)13-19(16,17)9-5-7-18(14,15)8-6-9/h9-11,13H,1-8,12H2/t10-,11-/m1/s1. The summed E-state index contributed by atoms with van der Waals surface area (Å²) < 4.78 is 49.9. The lowest BCUT2D eigenvalue weighted by molar-refractivity contribution is 0.359. The normalized spacial score (nSPS) is 33.1. The minimum absolute atomic E-state index is 0.0324. The number of rotatable bonds is 3. The minimum atomic E-state index is -3.46. The Morgan fingerprint density at radius 1 is 1.00 bits per heavy atom. The van der Waals surface area contributed by atoms with Crippen molar-refractivity contribution in [3.8, 4) is 0 Å². The fraction of sp³-hybridized carbons (Fsp3) is 1.00. The maximum Gasteiger partial charge on any atom is 0.214 e. The van der Waals surface area contributed by atoms with Crippen LogP contribution in [0.1, 0.15) is 38.5 Å². The van der Waals surface area contributed by atoms with Gasteiger partial charge in [-0.3, -0.25) is 0 Å². The fourth-order valence-corrected chi connectivity index (χ4v) is 6.34. The molecule has 0 aromatic heterocycles. The highest BCUT2D eigenvalue weighted by Gasteiger charge is 2.35. The zero-order valence-electron chi connectivity index (χ0n) is 10.9. The topological polar surface area (TPSA) is 106 Å². The largest absolute Gasteiger partial charge is 0.326 e. The van der Waals surface area contributed by atoms with Crippen molar-refractivity contribution < 1.29 is 16.8 Å². The number of sulfonamides is 1. The van der Waals surface area contributed by atoms with Crippen molar-refractivity contribution in [3.63, 3.8) is 0 Å². The van der Waals surface area contributed by atoms with E-state index in [1.807, 2.05) is 0 Å². The second kappa shape index (κ2) is 5.67. The van der Waals surface area contributed by atoms with Crippen molar-refractivity contribution in [1.29, 1.82) is 0 Å². The summed E-state index contributed by atoms with van der Waals surface area (Å²) in [5, 5.41) is -0.592. The Hall–Kier alpha value is -0.180. The first kappa shape index (κ1) is 15.2. The van der Waals surface area contributed by atoms with Crippen molar-refractivity contribution in [2.24, 2.45) is 5.73 Å². The predicted molar refractivity (Wildman–Crippen MR) is 74.0 cm³/mol. The maximum atomic E-state index is 12.2. The number of nitrogens with one attached hydrogen (secondary N) is 1. The van der Waals surface area contributed by atoms with E-state index in [1.165, 1.54) is 0 Å². The van der Waals surface area contributed by atoms with Crippen LogP contribution in [0.5, 0.6) is 0 Å². The molecule has 0 radical (unpaired) electrons. The Balaban J connectivity index is 1.98. The maximum absolute atomic E-state index is 12.2. The molecule has 1 aliphatic carbocycles. The molecule has 112 valence electrons. The van der Waals surface area contributed by atoms with E-state index < -0.39 is 25.1 Å². The van der Waals surface area contributed by atoms with Gasteiger partial charge in [-0.2, -0.15) is 0 Å². The summed E-state index contributed by atoms with van der Waals surface area (Å²) >= 11 is 0. The first-order valence-electron chi connectivity index (χ1n) is 6.77. The Morgan fingerprint density at radius 3 is 2.16 bits per heavy atom. The van der Waals surface area contributed by atoms with Gasteiger partial charge in [0.1, 0.15) is 9.84 Å². The molecule has 6 nitrogen and oxygen atoms in total. The van der Waals surface area contributed by atoms with E-state index in [4.69, 9.17) is 5.73 Å². The minimum Gasteiger partial charge on any atom is -0.326 e. The highest BCUT2D eigenvalue weighted by Crippen LogP contribution is 2.22. The molecular formula is C11H22N2O4S2. The lowest BCUT2D eigenvalue weighted by Gasteiger charge is -2.31. The van der Waals surface area contributed by atoms with Gasteiger partial charge in [-0.1, -0.05) is 12.8 Å². The van der Waals surface area contributed by atoms with Gasteiger partial charge >= 0.3 is 0 Å². The molecular weight excluding hydrogens is 288 g/mol. The summed E-state index contributed by atoms with van der Waals surface area (Å²) in [6, 6.07) is -0.326. The third kappa shape index (κ3) is 3.90. The van der Waals surface area contributed by atoms with Gasteiger partial charge in [-0.15, -0.1) is 0 Å². The van der Waals surface area contributed by atoms with Gasteiger partial charge < -0.3 is 5.73 Å². The van der Waals surface area contributed by atoms with E-state index in [1.54, 1.807) is 0 Å². The van der Waals surface area contributed by atoms with E-state index in [-0.39, 0.29) is 36.4 Å². The summed E-state index contributed by atoms with van der Waals surface area (Å²) in [5.41, 5.74) is 5.94. The monoisotopic (exact) mass is 310 g/mol. The zero-order chi connectivity index (χ0) is 14.1. The third-order valence-electron chi connectivity index (χ3n) is 4.08. The Bertz CT molecular complexity index is 501. The van der Waals surface area contributed by atoms with Crippen molar-refractivity contribution >= 4 is 19.9 Å². The molecule has 0 unspecified atom stereocenters. The summed E-state index contributed by atoms with van der Waals surface area (Å²) in [4.78, 5) is 0. The van der Waals surface area contributed by atoms with Gasteiger partial charge in [0.2, 0.25) is 10.0 Å². The van der Waals surface area contributed by atoms with Gasteiger partial charge in [-0.05, 0) is 25.7 Å². The van der Waals surface area contributed by atoms with E-state index >= 15 is 0 Å². The Kier molecular flexibility index (Phi) is 4.54. The first-order valence-corrected chi connectivity index (χ1v) is 10.1. The van der Waals surface area contributed by atoms with Crippen molar-refractivity contribution in [1.82, 2.24) is 4.72 Å². The molecule has 8 heteroatoms. The molecule has 2 rings (SSSR count). The molecule has 0 spiro atoms. The molecule has 1 saturated heterocycles. The molecule has 1 aliphatic heterocycles. The molecule has 19 heavy (non-hydrogen) atoms.